The van der Waals surface area contributed by atoms with E-state index in [4.69, 9.17) is 23.4 Å². The summed E-state index contributed by atoms with van der Waals surface area (Å²) in [6.07, 6.45) is -6.61. The molecule has 0 radical (unpaired) electrons. The Balaban J connectivity index is 1.17. The van der Waals surface area contributed by atoms with Crippen molar-refractivity contribution in [1.29, 1.82) is 0 Å². The lowest BCUT2D eigenvalue weighted by Crippen LogP contribution is -2.84. The van der Waals surface area contributed by atoms with Crippen molar-refractivity contribution in [1.82, 2.24) is 15.6 Å². The Morgan fingerprint density at radius 3 is 2.40 bits per heavy atom. The summed E-state index contributed by atoms with van der Waals surface area (Å²) < 4.78 is 32.7. The molecule has 0 amide bonds. The second-order valence-corrected chi connectivity index (χ2v) is 22.8. The first-order valence-corrected chi connectivity index (χ1v) is 27.4. The van der Waals surface area contributed by atoms with Crippen LogP contribution in [0.5, 0.6) is 23.0 Å². The smallest absolute Gasteiger partial charge is 0.354 e. The summed E-state index contributed by atoms with van der Waals surface area (Å²) >= 11 is 0. The molecule has 4 aromatic rings. The number of H-pyrrole nitrogens is 1. The third kappa shape index (κ3) is 7.90. The van der Waals surface area contributed by atoms with Gasteiger partial charge in [0.25, 0.3) is 11.4 Å². The van der Waals surface area contributed by atoms with E-state index in [0.29, 0.717) is 36.2 Å². The predicted molar refractivity (Wildman–Crippen MR) is 284 cm³/mol. The highest BCUT2D eigenvalue weighted by Gasteiger charge is 2.81. The van der Waals surface area contributed by atoms with Crippen LogP contribution in [0, 0.1) is 35.0 Å². The predicted octanol–water partition coefficient (Wildman–Crippen LogP) is -0.0271. The lowest BCUT2D eigenvalue weighted by Gasteiger charge is -2.62. The third-order valence-corrected chi connectivity index (χ3v) is 18.2. The second kappa shape index (κ2) is 19.7. The van der Waals surface area contributed by atoms with Gasteiger partial charge in [0.15, 0.2) is 34.7 Å². The van der Waals surface area contributed by atoms with Gasteiger partial charge in [-0.25, -0.2) is 9.59 Å². The van der Waals surface area contributed by atoms with E-state index in [2.05, 4.69) is 39.3 Å². The Morgan fingerprint density at radius 1 is 0.892 bits per heavy atom. The summed E-state index contributed by atoms with van der Waals surface area (Å²) in [5.41, 5.74) is -11.7. The van der Waals surface area contributed by atoms with Crippen LogP contribution in [0.2, 0.25) is 0 Å². The van der Waals surface area contributed by atoms with E-state index in [1.807, 2.05) is 13.0 Å². The van der Waals surface area contributed by atoms with Crippen molar-refractivity contribution in [3.63, 3.8) is 0 Å². The molecule has 2 aliphatic carbocycles. The number of carbonyl (C=O) groups is 2. The fourth-order valence-corrected chi connectivity index (χ4v) is 13.8. The number of phenols is 3. The van der Waals surface area contributed by atoms with E-state index >= 15 is 4.79 Å². The fraction of sp³-hybridized carbons (Fsp3) is 0.475. The van der Waals surface area contributed by atoms with Crippen molar-refractivity contribution in [2.45, 2.75) is 142 Å². The van der Waals surface area contributed by atoms with Crippen LogP contribution in [0.4, 0.5) is 0 Å². The van der Waals surface area contributed by atoms with Gasteiger partial charge in [-0.05, 0) is 79.8 Å². The maximum absolute atomic E-state index is 16.3. The number of dihydropyridines is 1. The number of allylic oxidation sites excluding steroid dienone is 3. The van der Waals surface area contributed by atoms with Crippen molar-refractivity contribution in [3.05, 3.63) is 104 Å². The van der Waals surface area contributed by atoms with Gasteiger partial charge in [-0.2, -0.15) is 0 Å². The maximum Gasteiger partial charge on any atom is 0.354 e. The molecular formula is C59H61N3O21. The number of benzene rings is 2. The molecule has 3 spiro atoms. The van der Waals surface area contributed by atoms with Gasteiger partial charge in [-0.3, -0.25) is 10.1 Å². The minimum absolute atomic E-state index is 0.00347. The summed E-state index contributed by atoms with van der Waals surface area (Å²) in [7, 11) is 0. The third-order valence-electron chi connectivity index (χ3n) is 18.2. The standard InChI is InChI=1S/C59H61N3O21/c1-28-7-16-61-50-34(28)21-32(27-62-50)35-23-33-24-36-29(8-17-60-36)6-15-53(10-2-3-11-53)58(76)48(71)47(70)57(33,80-41-26-40-43(45(68)42(35)41)37(65)25-39(79-40)31-20-30(9-19-64)44(67)38(66)22-31)83-55(58)13-4-12-54(51(73)74)59(77,78)49(72)46(69)56(82-54,14-5-18-63)81-52(55)75/h8,17,20-23,25-28,35,46-50,60-64,66-72,76-78H,2-3,5,7,9-11,13-14,16,18-19,24H2,1H3,(H,73,74). The highest BCUT2D eigenvalue weighted by Crippen LogP contribution is 2.63. The van der Waals surface area contributed by atoms with E-state index in [1.54, 1.807) is 18.5 Å². The number of carboxylic acid groups (broad SMARTS) is 1. The largest absolute Gasteiger partial charge is 0.507 e. The summed E-state index contributed by atoms with van der Waals surface area (Å²) in [5.74, 6) is -7.23. The van der Waals surface area contributed by atoms with Crippen LogP contribution in [0.3, 0.4) is 0 Å². The molecule has 24 nitrogen and oxygen atoms in total. The number of fused-ring (bicyclic) bond motifs is 6. The number of nitrogens with one attached hydrogen (secondary N) is 3. The number of carbonyl (C=O) groups excluding carboxylic acids is 1. The quantitative estimate of drug-likeness (QED) is 0.0362. The summed E-state index contributed by atoms with van der Waals surface area (Å²) in [6, 6.07) is 6.33. The Morgan fingerprint density at radius 2 is 1.66 bits per heavy atom. The minimum atomic E-state index is -3.99. The van der Waals surface area contributed by atoms with Crippen LogP contribution >= 0.6 is 0 Å². The molecule has 4 fully saturated rings. The van der Waals surface area contributed by atoms with Crippen LogP contribution < -0.4 is 20.8 Å². The van der Waals surface area contributed by atoms with Crippen molar-refractivity contribution in [3.8, 4) is 58.0 Å². The van der Waals surface area contributed by atoms with Gasteiger partial charge < -0.3 is 100 Å². The normalized spacial score (nSPS) is 34.5. The van der Waals surface area contributed by atoms with Crippen LogP contribution in [0.1, 0.15) is 86.6 Å². The Hall–Kier alpha value is -7.27. The number of ether oxygens (including phenoxy) is 4. The molecule has 9 heterocycles. The zero-order chi connectivity index (χ0) is 59.0. The number of aromatic amines is 1. The van der Waals surface area contributed by atoms with E-state index in [-0.39, 0.29) is 71.4 Å². The average Bonchev–Trinajstić information content (AvgIpc) is 1.75. The number of carboxylic acids is 1. The van der Waals surface area contributed by atoms with E-state index in [9.17, 15) is 76.0 Å². The number of hydrogen-bond acceptors (Lipinski definition) is 22. The molecule has 2 aromatic carbocycles. The van der Waals surface area contributed by atoms with Crippen LogP contribution in [-0.4, -0.2) is 168 Å². The zero-order valence-corrected chi connectivity index (χ0v) is 44.5. The van der Waals surface area contributed by atoms with Crippen LogP contribution in [-0.2, 0) is 36.6 Å². The Bertz CT molecular complexity index is 3690. The first-order chi connectivity index (χ1) is 39.5. The minimum Gasteiger partial charge on any atom is -0.507 e. The first-order valence-electron chi connectivity index (χ1n) is 27.4. The van der Waals surface area contributed by atoms with Crippen molar-refractivity contribution in [2.24, 2.45) is 11.3 Å². The number of aliphatic hydroxyl groups excluding tert-OH is 6. The molecule has 83 heavy (non-hydrogen) atoms. The van der Waals surface area contributed by atoms with Gasteiger partial charge in [0, 0.05) is 90.0 Å². The van der Waals surface area contributed by atoms with Crippen LogP contribution in [0.25, 0.3) is 22.3 Å². The molecule has 13 rings (SSSR count). The number of rotatable bonds is 8. The molecule has 16 N–H and O–H groups in total. The number of piperidine rings is 1. The maximum atomic E-state index is 16.3. The number of aromatic nitrogens is 1. The van der Waals surface area contributed by atoms with Gasteiger partial charge >= 0.3 is 11.9 Å². The second-order valence-electron chi connectivity index (χ2n) is 22.8. The van der Waals surface area contributed by atoms with Gasteiger partial charge in [-0.15, -0.1) is 0 Å². The van der Waals surface area contributed by atoms with E-state index in [1.165, 1.54) is 18.2 Å². The SMILES string of the molecule is CC1CCNC2NC=C(C3C=C4Cc5[nH]ccc5C#CC5(CCCC5)C5(O)C(O)C(O)C4(Oc4cc6oc(-c7cc(O)c(O)c(CCO)c7)cc(=O)c6c(O)c43)OC53CC#CC4(C(=O)O)OC(CCCO)(OC3=O)C(O)C(O)C4(O)O)C=C12. The molecule has 12 atom stereocenters. The molecular weight excluding hydrogens is 1090 g/mol. The number of hydrogen-bond donors (Lipinski definition) is 16. The molecule has 7 aliphatic heterocycles. The monoisotopic (exact) mass is 1150 g/mol. The Kier molecular flexibility index (Phi) is 13.3. The van der Waals surface area contributed by atoms with Crippen molar-refractivity contribution in [2.75, 3.05) is 19.8 Å². The lowest BCUT2D eigenvalue weighted by atomic mass is 9.55. The summed E-state index contributed by atoms with van der Waals surface area (Å²) in [5, 5.41) is 159. The number of aliphatic hydroxyl groups is 9. The van der Waals surface area contributed by atoms with Gasteiger partial charge in [0.05, 0.1) is 18.0 Å². The molecule has 12 unspecified atom stereocenters. The van der Waals surface area contributed by atoms with E-state index in [0.717, 1.165) is 24.1 Å². The number of phenolic OH excluding ortho intramolecular Hbond substituents is 3. The van der Waals surface area contributed by atoms with Gasteiger partial charge in [0.1, 0.15) is 40.4 Å². The summed E-state index contributed by atoms with van der Waals surface area (Å²) in [6.45, 7) is 1.53. The van der Waals surface area contributed by atoms with Crippen LogP contribution in [0.15, 0.2) is 80.8 Å². The zero-order valence-electron chi connectivity index (χ0n) is 44.5. The molecule has 4 bridgehead atoms. The van der Waals surface area contributed by atoms with Crippen molar-refractivity contribution < 1.29 is 99.3 Å². The first kappa shape index (κ1) is 56.2. The molecule has 9 aliphatic rings. The van der Waals surface area contributed by atoms with Crippen molar-refractivity contribution >= 4 is 22.9 Å². The molecule has 3 saturated heterocycles. The number of aliphatic carboxylic acids is 1. The molecule has 24 heteroatoms. The number of aromatic hydroxyl groups is 3. The Labute approximate surface area is 471 Å². The average molecular weight is 1150 g/mol. The molecule has 1 saturated carbocycles. The van der Waals surface area contributed by atoms with Gasteiger partial charge in [-0.1, -0.05) is 49.7 Å². The highest BCUT2D eigenvalue weighted by atomic mass is 16.8. The molecule has 438 valence electrons. The molecule has 2 aromatic heterocycles. The fourth-order valence-electron chi connectivity index (χ4n) is 13.8. The lowest BCUT2D eigenvalue weighted by molar-refractivity contribution is -0.434. The number of esters is 1. The van der Waals surface area contributed by atoms with Gasteiger partial charge in [0.2, 0.25) is 17.2 Å². The summed E-state index contributed by atoms with van der Waals surface area (Å²) in [4.78, 5) is 47.6. The topological polar surface area (TPSA) is 404 Å². The highest BCUT2D eigenvalue weighted by molar-refractivity contribution is 5.90. The van der Waals surface area contributed by atoms with E-state index < -0.39 is 148 Å².